The number of carbonyl (C=O) groups is 4. The lowest BCUT2D eigenvalue weighted by molar-refractivity contribution is -0.155. The van der Waals surface area contributed by atoms with Crippen LogP contribution in [0.4, 0.5) is 0 Å². The Labute approximate surface area is 213 Å². The highest BCUT2D eigenvalue weighted by Gasteiger charge is 2.46. The maximum absolute atomic E-state index is 12.8. The lowest BCUT2D eigenvalue weighted by atomic mass is 9.73. The van der Waals surface area contributed by atoms with Crippen molar-refractivity contribution in [2.24, 2.45) is 23.7 Å². The van der Waals surface area contributed by atoms with E-state index in [1.165, 1.54) is 28.4 Å². The van der Waals surface area contributed by atoms with Crippen molar-refractivity contribution >= 4 is 23.9 Å². The highest BCUT2D eigenvalue weighted by molar-refractivity contribution is 5.77. The first-order valence-corrected chi connectivity index (χ1v) is 13.1. The molecule has 4 unspecified atom stereocenters. The molecule has 10 nitrogen and oxygen atoms in total. The summed E-state index contributed by atoms with van der Waals surface area (Å²) in [4.78, 5) is 49.4. The lowest BCUT2D eigenvalue weighted by Gasteiger charge is -2.43. The number of ether oxygens (including phenoxy) is 4. The smallest absolute Gasteiger partial charge is 0.310 e. The molecule has 3 rings (SSSR count). The van der Waals surface area contributed by atoms with Gasteiger partial charge in [-0.25, -0.2) is 0 Å². The average Bonchev–Trinajstić information content (AvgIpc) is 2.92. The third kappa shape index (κ3) is 6.97. The van der Waals surface area contributed by atoms with E-state index in [-0.39, 0.29) is 59.9 Å². The Balaban J connectivity index is 1.66. The third-order valence-corrected chi connectivity index (χ3v) is 8.42. The zero-order valence-electron chi connectivity index (χ0n) is 22.0. The molecular formula is C26H42N2O8. The van der Waals surface area contributed by atoms with E-state index in [0.29, 0.717) is 12.8 Å². The molecule has 0 aliphatic heterocycles. The van der Waals surface area contributed by atoms with Gasteiger partial charge in [0.2, 0.25) is 0 Å². The molecule has 204 valence electrons. The molecule has 2 N–H and O–H groups in total. The van der Waals surface area contributed by atoms with Gasteiger partial charge in [-0.2, -0.15) is 0 Å². The van der Waals surface area contributed by atoms with Crippen LogP contribution in [0.5, 0.6) is 0 Å². The number of hydrogen-bond acceptors (Lipinski definition) is 10. The number of carbonyl (C=O) groups excluding carboxylic acids is 4. The van der Waals surface area contributed by atoms with Gasteiger partial charge >= 0.3 is 23.9 Å². The summed E-state index contributed by atoms with van der Waals surface area (Å²) in [6.07, 6.45) is 7.07. The summed E-state index contributed by atoms with van der Waals surface area (Å²) >= 11 is 0. The van der Waals surface area contributed by atoms with E-state index in [4.69, 9.17) is 18.9 Å². The molecule has 0 amide bonds. The predicted molar refractivity (Wildman–Crippen MR) is 130 cm³/mol. The van der Waals surface area contributed by atoms with Gasteiger partial charge in [0.25, 0.3) is 0 Å². The van der Waals surface area contributed by atoms with Crippen LogP contribution in [0.3, 0.4) is 0 Å². The first kappa shape index (κ1) is 28.4. The molecule has 3 fully saturated rings. The number of methoxy groups -OCH3 is 4. The van der Waals surface area contributed by atoms with Gasteiger partial charge in [-0.3, -0.25) is 19.2 Å². The molecular weight excluding hydrogens is 468 g/mol. The van der Waals surface area contributed by atoms with Crippen LogP contribution < -0.4 is 10.6 Å². The molecule has 0 heterocycles. The van der Waals surface area contributed by atoms with Crippen molar-refractivity contribution in [3.8, 4) is 0 Å². The molecule has 0 bridgehead atoms. The Morgan fingerprint density at radius 2 is 0.806 bits per heavy atom. The van der Waals surface area contributed by atoms with Crippen molar-refractivity contribution in [1.29, 1.82) is 0 Å². The number of esters is 4. The third-order valence-electron chi connectivity index (χ3n) is 8.42. The summed E-state index contributed by atoms with van der Waals surface area (Å²) in [6.45, 7) is 0. The van der Waals surface area contributed by atoms with Crippen molar-refractivity contribution < 1.29 is 38.1 Å². The Kier molecular flexibility index (Phi) is 10.5. The highest BCUT2D eigenvalue weighted by Crippen LogP contribution is 2.35. The van der Waals surface area contributed by atoms with Crippen LogP contribution in [0, 0.1) is 23.7 Å². The van der Waals surface area contributed by atoms with E-state index in [1.54, 1.807) is 0 Å². The van der Waals surface area contributed by atoms with Gasteiger partial charge in [0.05, 0.1) is 52.1 Å². The fourth-order valence-electron chi connectivity index (χ4n) is 6.33. The normalized spacial score (nSPS) is 34.8. The minimum absolute atomic E-state index is 0.0820. The summed E-state index contributed by atoms with van der Waals surface area (Å²) in [7, 11) is 5.61. The predicted octanol–water partition coefficient (Wildman–Crippen LogP) is 1.74. The van der Waals surface area contributed by atoms with Crippen LogP contribution in [0.15, 0.2) is 0 Å². The topological polar surface area (TPSA) is 129 Å². The van der Waals surface area contributed by atoms with Gasteiger partial charge in [0.15, 0.2) is 0 Å². The van der Waals surface area contributed by atoms with E-state index in [1.807, 2.05) is 0 Å². The monoisotopic (exact) mass is 510 g/mol. The van der Waals surface area contributed by atoms with Gasteiger partial charge in [0, 0.05) is 24.2 Å². The largest absolute Gasteiger partial charge is 0.469 e. The van der Waals surface area contributed by atoms with Crippen LogP contribution in [-0.2, 0) is 38.1 Å². The number of rotatable bonds is 8. The second-order valence-corrected chi connectivity index (χ2v) is 10.4. The van der Waals surface area contributed by atoms with Gasteiger partial charge in [-0.15, -0.1) is 0 Å². The summed E-state index contributed by atoms with van der Waals surface area (Å²) in [5, 5.41) is 7.24. The van der Waals surface area contributed by atoms with E-state index in [0.717, 1.165) is 51.4 Å². The van der Waals surface area contributed by atoms with Crippen LogP contribution in [0.25, 0.3) is 0 Å². The van der Waals surface area contributed by atoms with E-state index in [9.17, 15) is 19.2 Å². The van der Waals surface area contributed by atoms with Crippen LogP contribution in [-0.4, -0.2) is 76.5 Å². The molecule has 0 spiro atoms. The SMILES string of the molecule is COC(=O)C1CCC(NC2CC(C(=O)OC)C(NC3CCC(C(=O)OC)CC3)CC2C(=O)OC)CC1. The molecule has 0 aromatic heterocycles. The van der Waals surface area contributed by atoms with Gasteiger partial charge < -0.3 is 29.6 Å². The van der Waals surface area contributed by atoms with Gasteiger partial charge in [0.1, 0.15) is 0 Å². The summed E-state index contributed by atoms with van der Waals surface area (Å²) in [5.41, 5.74) is 0. The molecule has 0 saturated heterocycles. The zero-order chi connectivity index (χ0) is 26.2. The Morgan fingerprint density at radius 3 is 1.08 bits per heavy atom. The Morgan fingerprint density at radius 1 is 0.500 bits per heavy atom. The Hall–Kier alpha value is -2.20. The number of hydrogen-bond donors (Lipinski definition) is 2. The summed E-state index contributed by atoms with van der Waals surface area (Å²) in [6, 6.07) is -0.150. The van der Waals surface area contributed by atoms with Gasteiger partial charge in [-0.05, 0) is 64.2 Å². The second-order valence-electron chi connectivity index (χ2n) is 10.4. The fraction of sp³-hybridized carbons (Fsp3) is 0.846. The first-order valence-electron chi connectivity index (χ1n) is 13.1. The van der Waals surface area contributed by atoms with Crippen LogP contribution in [0.2, 0.25) is 0 Å². The van der Waals surface area contributed by atoms with Crippen molar-refractivity contribution in [2.75, 3.05) is 28.4 Å². The maximum Gasteiger partial charge on any atom is 0.310 e. The summed E-state index contributed by atoms with van der Waals surface area (Å²) < 4.78 is 20.1. The molecule has 3 saturated carbocycles. The van der Waals surface area contributed by atoms with E-state index >= 15 is 0 Å². The zero-order valence-corrected chi connectivity index (χ0v) is 22.0. The average molecular weight is 511 g/mol. The maximum atomic E-state index is 12.8. The van der Waals surface area contributed by atoms with Crippen molar-refractivity contribution in [3.63, 3.8) is 0 Å². The lowest BCUT2D eigenvalue weighted by Crippen LogP contribution is -2.58. The van der Waals surface area contributed by atoms with Crippen molar-refractivity contribution in [1.82, 2.24) is 10.6 Å². The molecule has 0 radical (unpaired) electrons. The quantitative estimate of drug-likeness (QED) is 0.368. The molecule has 4 atom stereocenters. The first-order chi connectivity index (χ1) is 17.3. The second kappa shape index (κ2) is 13.4. The van der Waals surface area contributed by atoms with E-state index < -0.39 is 11.8 Å². The standard InChI is InChI=1S/C26H42N2O8/c1-33-23(29)15-5-9-17(10-6-15)27-21-13-20(26(32)36-4)22(14-19(21)25(31)35-3)28-18-11-7-16(8-12-18)24(30)34-2/h15-22,27-28H,5-14H2,1-4H3. The van der Waals surface area contributed by atoms with E-state index in [2.05, 4.69) is 10.6 Å². The fourth-order valence-corrected chi connectivity index (χ4v) is 6.33. The van der Waals surface area contributed by atoms with Crippen LogP contribution >= 0.6 is 0 Å². The van der Waals surface area contributed by atoms with Gasteiger partial charge in [-0.1, -0.05) is 0 Å². The van der Waals surface area contributed by atoms with Crippen molar-refractivity contribution in [2.45, 2.75) is 88.4 Å². The minimum Gasteiger partial charge on any atom is -0.469 e. The van der Waals surface area contributed by atoms with Crippen LogP contribution in [0.1, 0.15) is 64.2 Å². The number of nitrogens with one attached hydrogen (secondary N) is 2. The molecule has 3 aliphatic rings. The Bertz CT molecular complexity index is 710. The summed E-state index contributed by atoms with van der Waals surface area (Å²) in [5.74, 6) is -1.89. The molecule has 10 heteroatoms. The molecule has 36 heavy (non-hydrogen) atoms. The highest BCUT2D eigenvalue weighted by atomic mass is 16.5. The molecule has 0 aromatic rings. The van der Waals surface area contributed by atoms with Crippen molar-refractivity contribution in [3.05, 3.63) is 0 Å². The minimum atomic E-state index is -0.404. The molecule has 0 aromatic carbocycles. The molecule has 3 aliphatic carbocycles.